The number of carboxylic acid groups (broad SMARTS) is 2. The zero-order valence-corrected chi connectivity index (χ0v) is 12.5. The summed E-state index contributed by atoms with van der Waals surface area (Å²) in [4.78, 5) is 45.1. The lowest BCUT2D eigenvalue weighted by Crippen LogP contribution is -2.42. The summed E-state index contributed by atoms with van der Waals surface area (Å²) >= 11 is 0. The molecule has 23 heavy (non-hydrogen) atoms. The van der Waals surface area contributed by atoms with E-state index in [1.165, 1.54) is 6.92 Å². The van der Waals surface area contributed by atoms with Crippen molar-refractivity contribution in [3.63, 3.8) is 0 Å². The van der Waals surface area contributed by atoms with E-state index < -0.39 is 48.3 Å². The standard InChI is InChI=1S/C12H20N4O7/c1-6(17)16(12(14)15)4-2-3-7(13)11(22)23-8(10(20)21)5-9(18)19/h7-8H,2-5,13H2,1H3,(H3,14,15)(H,18,19)(H,20,21). The molecule has 11 nitrogen and oxygen atoms in total. The van der Waals surface area contributed by atoms with Gasteiger partial charge in [0.2, 0.25) is 12.0 Å². The molecule has 0 spiro atoms. The van der Waals surface area contributed by atoms with E-state index in [0.29, 0.717) is 0 Å². The van der Waals surface area contributed by atoms with Crippen LogP contribution < -0.4 is 11.5 Å². The SMILES string of the molecule is CC(=O)N(CCCC(N)C(=O)OC(CC(=O)O)C(=O)O)C(=N)N. The first-order valence-electron chi connectivity index (χ1n) is 6.59. The molecule has 0 bridgehead atoms. The number of rotatable bonds is 9. The van der Waals surface area contributed by atoms with E-state index in [-0.39, 0.29) is 19.4 Å². The van der Waals surface area contributed by atoms with Crippen LogP contribution in [0.1, 0.15) is 26.2 Å². The number of esters is 1. The predicted molar refractivity (Wildman–Crippen MR) is 76.3 cm³/mol. The molecule has 0 fully saturated rings. The van der Waals surface area contributed by atoms with Crippen molar-refractivity contribution in [1.82, 2.24) is 4.90 Å². The maximum Gasteiger partial charge on any atom is 0.345 e. The molecule has 0 aromatic heterocycles. The molecule has 0 saturated carbocycles. The van der Waals surface area contributed by atoms with Gasteiger partial charge in [-0.25, -0.2) is 4.79 Å². The van der Waals surface area contributed by atoms with Crippen LogP contribution in [0.25, 0.3) is 0 Å². The van der Waals surface area contributed by atoms with Crippen LogP contribution in [0, 0.1) is 5.41 Å². The number of hydrogen-bond acceptors (Lipinski definition) is 7. The van der Waals surface area contributed by atoms with Gasteiger partial charge in [0.1, 0.15) is 6.04 Å². The first kappa shape index (κ1) is 20.3. The minimum Gasteiger partial charge on any atom is -0.481 e. The van der Waals surface area contributed by atoms with E-state index in [1.807, 2.05) is 0 Å². The lowest BCUT2D eigenvalue weighted by Gasteiger charge is -2.20. The Morgan fingerprint density at radius 1 is 1.26 bits per heavy atom. The largest absolute Gasteiger partial charge is 0.481 e. The van der Waals surface area contributed by atoms with Gasteiger partial charge < -0.3 is 26.4 Å². The van der Waals surface area contributed by atoms with Crippen molar-refractivity contribution in [3.8, 4) is 0 Å². The van der Waals surface area contributed by atoms with E-state index in [4.69, 9.17) is 27.1 Å². The Hall–Kier alpha value is -2.69. The molecular weight excluding hydrogens is 312 g/mol. The Morgan fingerprint density at radius 3 is 2.22 bits per heavy atom. The Kier molecular flexibility index (Phi) is 8.26. The van der Waals surface area contributed by atoms with Crippen molar-refractivity contribution in [2.24, 2.45) is 11.5 Å². The van der Waals surface area contributed by atoms with E-state index in [0.717, 1.165) is 4.90 Å². The summed E-state index contributed by atoms with van der Waals surface area (Å²) in [5.41, 5.74) is 10.7. The quantitative estimate of drug-likeness (QED) is 0.186. The number of aliphatic carboxylic acids is 2. The van der Waals surface area contributed by atoms with E-state index >= 15 is 0 Å². The number of amides is 1. The van der Waals surface area contributed by atoms with Crippen molar-refractivity contribution < 1.29 is 34.1 Å². The number of hydrogen-bond donors (Lipinski definition) is 5. The van der Waals surface area contributed by atoms with Crippen LogP contribution in [0.5, 0.6) is 0 Å². The summed E-state index contributed by atoms with van der Waals surface area (Å²) in [5, 5.41) is 24.5. The molecule has 0 saturated heterocycles. The van der Waals surface area contributed by atoms with E-state index in [2.05, 4.69) is 4.74 Å². The summed E-state index contributed by atoms with van der Waals surface area (Å²) in [6, 6.07) is -1.19. The normalized spacial score (nSPS) is 12.8. The topological polar surface area (TPSA) is 197 Å². The monoisotopic (exact) mass is 332 g/mol. The number of carbonyl (C=O) groups excluding carboxylic acids is 2. The average Bonchev–Trinajstić information content (AvgIpc) is 2.40. The Bertz CT molecular complexity index is 480. The van der Waals surface area contributed by atoms with Crippen LogP contribution in [0.4, 0.5) is 0 Å². The van der Waals surface area contributed by atoms with Crippen molar-refractivity contribution in [1.29, 1.82) is 5.41 Å². The van der Waals surface area contributed by atoms with Gasteiger partial charge in [0.05, 0.1) is 6.42 Å². The van der Waals surface area contributed by atoms with Crippen molar-refractivity contribution >= 4 is 29.8 Å². The van der Waals surface area contributed by atoms with Crippen molar-refractivity contribution in [3.05, 3.63) is 0 Å². The van der Waals surface area contributed by atoms with E-state index in [1.54, 1.807) is 0 Å². The Balaban J connectivity index is 4.44. The van der Waals surface area contributed by atoms with Gasteiger partial charge in [-0.15, -0.1) is 0 Å². The number of carboxylic acids is 2. The van der Waals surface area contributed by atoms with Crippen LogP contribution >= 0.6 is 0 Å². The first-order valence-corrected chi connectivity index (χ1v) is 6.59. The second-order valence-corrected chi connectivity index (χ2v) is 4.67. The smallest absolute Gasteiger partial charge is 0.345 e. The zero-order chi connectivity index (χ0) is 18.2. The molecule has 0 aromatic carbocycles. The van der Waals surface area contributed by atoms with E-state index in [9.17, 15) is 19.2 Å². The average molecular weight is 332 g/mol. The summed E-state index contributed by atoms with van der Waals surface area (Å²) in [7, 11) is 0. The third kappa shape index (κ3) is 7.76. The van der Waals surface area contributed by atoms with Crippen LogP contribution in [-0.2, 0) is 23.9 Å². The summed E-state index contributed by atoms with van der Waals surface area (Å²) in [6.45, 7) is 1.28. The van der Waals surface area contributed by atoms with Gasteiger partial charge >= 0.3 is 17.9 Å². The highest BCUT2D eigenvalue weighted by atomic mass is 16.6. The minimum atomic E-state index is -1.82. The maximum atomic E-state index is 11.6. The van der Waals surface area contributed by atoms with Gasteiger partial charge in [0.15, 0.2) is 5.96 Å². The van der Waals surface area contributed by atoms with Gasteiger partial charge in [0.25, 0.3) is 0 Å². The minimum absolute atomic E-state index is 0.0370. The molecule has 1 amide bonds. The molecule has 130 valence electrons. The molecule has 0 rings (SSSR count). The van der Waals surface area contributed by atoms with Crippen LogP contribution in [0.15, 0.2) is 0 Å². The van der Waals surface area contributed by atoms with Gasteiger partial charge in [-0.05, 0) is 12.8 Å². The number of nitrogens with one attached hydrogen (secondary N) is 1. The van der Waals surface area contributed by atoms with Crippen molar-refractivity contribution in [2.45, 2.75) is 38.3 Å². The molecule has 0 aliphatic carbocycles. The molecule has 0 aromatic rings. The molecule has 0 heterocycles. The van der Waals surface area contributed by atoms with Crippen LogP contribution in [-0.4, -0.2) is 63.6 Å². The lowest BCUT2D eigenvalue weighted by atomic mass is 10.1. The Morgan fingerprint density at radius 2 is 1.83 bits per heavy atom. The second kappa shape index (κ2) is 9.35. The predicted octanol–water partition coefficient (Wildman–Crippen LogP) is -1.69. The fourth-order valence-electron chi connectivity index (χ4n) is 1.60. The van der Waals surface area contributed by atoms with Gasteiger partial charge in [-0.1, -0.05) is 0 Å². The molecule has 0 aliphatic heterocycles. The molecule has 0 aliphatic rings. The van der Waals surface area contributed by atoms with Crippen LogP contribution in [0.3, 0.4) is 0 Å². The second-order valence-electron chi connectivity index (χ2n) is 4.67. The first-order chi connectivity index (χ1) is 10.6. The summed E-state index contributed by atoms with van der Waals surface area (Å²) in [6.07, 6.45) is -2.45. The fraction of sp³-hybridized carbons (Fsp3) is 0.583. The van der Waals surface area contributed by atoms with Gasteiger partial charge in [-0.2, -0.15) is 0 Å². The highest BCUT2D eigenvalue weighted by Crippen LogP contribution is 2.05. The number of ether oxygens (including phenoxy) is 1. The maximum absolute atomic E-state index is 11.6. The highest BCUT2D eigenvalue weighted by molar-refractivity contribution is 5.93. The summed E-state index contributed by atoms with van der Waals surface area (Å²) < 4.78 is 4.55. The van der Waals surface area contributed by atoms with Crippen molar-refractivity contribution in [2.75, 3.05) is 6.54 Å². The molecule has 2 unspecified atom stereocenters. The Labute approximate surface area is 131 Å². The van der Waals surface area contributed by atoms with Gasteiger partial charge in [-0.3, -0.25) is 24.7 Å². The molecule has 0 radical (unpaired) electrons. The fourth-order valence-corrected chi connectivity index (χ4v) is 1.60. The number of guanidine groups is 1. The molecule has 11 heteroatoms. The molecule has 7 N–H and O–H groups in total. The zero-order valence-electron chi connectivity index (χ0n) is 12.5. The third-order valence-corrected chi connectivity index (χ3v) is 2.76. The number of nitrogens with zero attached hydrogens (tertiary/aromatic N) is 1. The lowest BCUT2D eigenvalue weighted by molar-refractivity contribution is -0.168. The highest BCUT2D eigenvalue weighted by Gasteiger charge is 2.28. The molecular formula is C12H20N4O7. The van der Waals surface area contributed by atoms with Crippen LogP contribution in [0.2, 0.25) is 0 Å². The summed E-state index contributed by atoms with van der Waals surface area (Å²) in [5.74, 6) is -4.97. The molecule has 2 atom stereocenters. The number of nitrogens with two attached hydrogens (primary N) is 2. The van der Waals surface area contributed by atoms with Gasteiger partial charge in [0, 0.05) is 13.5 Å². The number of carbonyl (C=O) groups is 4. The third-order valence-electron chi connectivity index (χ3n) is 2.76.